The predicted octanol–water partition coefficient (Wildman–Crippen LogP) is 4.58. The molecule has 2 aromatic rings. The lowest BCUT2D eigenvalue weighted by Gasteiger charge is -2.07. The second-order valence-electron chi connectivity index (χ2n) is 5.23. The molecule has 0 fully saturated rings. The van der Waals surface area contributed by atoms with Crippen LogP contribution in [0.2, 0.25) is 0 Å². The van der Waals surface area contributed by atoms with Crippen molar-refractivity contribution < 1.29 is 14.3 Å². The van der Waals surface area contributed by atoms with E-state index in [0.717, 1.165) is 27.8 Å². The number of aliphatic imine (C=N–C) groups is 1. The van der Waals surface area contributed by atoms with Crippen LogP contribution in [0.4, 0.5) is 0 Å². The number of rotatable bonds is 5. The van der Waals surface area contributed by atoms with Gasteiger partial charge in [-0.05, 0) is 42.8 Å². The molecule has 122 valence electrons. The molecule has 24 heavy (non-hydrogen) atoms. The van der Waals surface area contributed by atoms with E-state index in [1.54, 1.807) is 6.08 Å². The van der Waals surface area contributed by atoms with Crippen molar-refractivity contribution in [1.82, 2.24) is 0 Å². The highest BCUT2D eigenvalue weighted by Gasteiger charge is 2.24. The van der Waals surface area contributed by atoms with Gasteiger partial charge in [0.1, 0.15) is 5.75 Å². The third-order valence-corrected chi connectivity index (χ3v) is 3.91. The number of hydrogen-bond donors (Lipinski definition) is 0. The summed E-state index contributed by atoms with van der Waals surface area (Å²) in [5.41, 5.74) is 1.82. The molecule has 0 aliphatic carbocycles. The van der Waals surface area contributed by atoms with Gasteiger partial charge in [0.15, 0.2) is 5.70 Å². The number of hydrogen-bond acceptors (Lipinski definition) is 4. The fourth-order valence-electron chi connectivity index (χ4n) is 2.22. The zero-order valence-corrected chi connectivity index (χ0v) is 14.7. The number of carbonyl (C=O) groups is 1. The third kappa shape index (κ3) is 3.74. The summed E-state index contributed by atoms with van der Waals surface area (Å²) in [5, 5.41) is 0. The maximum atomic E-state index is 12.1. The summed E-state index contributed by atoms with van der Waals surface area (Å²) in [4.78, 5) is 16.4. The molecule has 0 bridgehead atoms. The first-order valence-electron chi connectivity index (χ1n) is 7.67. The molecule has 0 unspecified atom stereocenters. The summed E-state index contributed by atoms with van der Waals surface area (Å²) in [6.45, 7) is 2.67. The molecular weight excluding hydrogens is 370 g/mol. The van der Waals surface area contributed by atoms with E-state index in [1.807, 2.05) is 55.5 Å². The molecule has 0 aromatic heterocycles. The van der Waals surface area contributed by atoms with E-state index in [1.165, 1.54) is 0 Å². The van der Waals surface area contributed by atoms with E-state index in [0.29, 0.717) is 12.5 Å². The summed E-state index contributed by atoms with van der Waals surface area (Å²) < 4.78 is 11.9. The molecular formula is C19H16BrNO3. The fourth-order valence-corrected chi connectivity index (χ4v) is 2.48. The summed E-state index contributed by atoms with van der Waals surface area (Å²) in [6, 6.07) is 15.0. The molecule has 3 rings (SSSR count). The number of para-hydroxylation sites is 1. The van der Waals surface area contributed by atoms with Gasteiger partial charge in [0.05, 0.1) is 6.61 Å². The highest BCUT2D eigenvalue weighted by Crippen LogP contribution is 2.25. The van der Waals surface area contributed by atoms with E-state index < -0.39 is 5.97 Å². The van der Waals surface area contributed by atoms with Crippen molar-refractivity contribution >= 4 is 33.9 Å². The summed E-state index contributed by atoms with van der Waals surface area (Å²) in [7, 11) is 0. The topological polar surface area (TPSA) is 47.9 Å². The lowest BCUT2D eigenvalue weighted by molar-refractivity contribution is -0.129. The van der Waals surface area contributed by atoms with Gasteiger partial charge >= 0.3 is 5.97 Å². The van der Waals surface area contributed by atoms with Crippen LogP contribution in [0.15, 0.2) is 63.7 Å². The Bertz CT molecular complexity index is 810. The van der Waals surface area contributed by atoms with Gasteiger partial charge in [-0.2, -0.15) is 0 Å². The molecule has 0 spiro atoms. The SMILES string of the molecule is CCCOc1ccccc1/C=C1/N=C(c2ccc(Br)cc2)OC1=O. The smallest absolute Gasteiger partial charge is 0.363 e. The molecule has 4 nitrogen and oxygen atoms in total. The Labute approximate surface area is 148 Å². The van der Waals surface area contributed by atoms with Crippen LogP contribution < -0.4 is 4.74 Å². The number of carbonyl (C=O) groups excluding carboxylic acids is 1. The van der Waals surface area contributed by atoms with E-state index in [4.69, 9.17) is 9.47 Å². The number of ether oxygens (including phenoxy) is 2. The molecule has 1 heterocycles. The van der Waals surface area contributed by atoms with Crippen LogP contribution in [0.3, 0.4) is 0 Å². The normalized spacial score (nSPS) is 15.3. The van der Waals surface area contributed by atoms with Crippen LogP contribution >= 0.6 is 15.9 Å². The molecule has 1 aliphatic heterocycles. The number of esters is 1. The van der Waals surface area contributed by atoms with E-state index in [9.17, 15) is 4.79 Å². The monoisotopic (exact) mass is 385 g/mol. The van der Waals surface area contributed by atoms with Gasteiger partial charge in [-0.25, -0.2) is 9.79 Å². The van der Waals surface area contributed by atoms with Crippen LogP contribution in [0.1, 0.15) is 24.5 Å². The van der Waals surface area contributed by atoms with Gasteiger partial charge < -0.3 is 9.47 Å². The zero-order valence-electron chi connectivity index (χ0n) is 13.2. The Balaban J connectivity index is 1.90. The van der Waals surface area contributed by atoms with Crippen LogP contribution in [0.5, 0.6) is 5.75 Å². The van der Waals surface area contributed by atoms with Crippen molar-refractivity contribution in [3.8, 4) is 5.75 Å². The summed E-state index contributed by atoms with van der Waals surface area (Å²) in [6.07, 6.45) is 2.61. The van der Waals surface area contributed by atoms with Crippen LogP contribution in [0.25, 0.3) is 6.08 Å². The minimum atomic E-state index is -0.460. The number of cyclic esters (lactones) is 1. The number of nitrogens with zero attached hydrogens (tertiary/aromatic N) is 1. The first-order chi connectivity index (χ1) is 11.7. The van der Waals surface area contributed by atoms with Crippen LogP contribution in [0, 0.1) is 0 Å². The van der Waals surface area contributed by atoms with Crippen molar-refractivity contribution in [2.45, 2.75) is 13.3 Å². The first kappa shape index (κ1) is 16.5. The Kier molecular flexibility index (Phi) is 5.11. The van der Waals surface area contributed by atoms with Crippen molar-refractivity contribution in [2.75, 3.05) is 6.61 Å². The second kappa shape index (κ2) is 7.45. The lowest BCUT2D eigenvalue weighted by atomic mass is 10.1. The van der Waals surface area contributed by atoms with Gasteiger partial charge in [0.25, 0.3) is 0 Å². The third-order valence-electron chi connectivity index (χ3n) is 3.38. The molecule has 0 saturated carbocycles. The van der Waals surface area contributed by atoms with Gasteiger partial charge in [-0.3, -0.25) is 0 Å². The average molecular weight is 386 g/mol. The second-order valence-corrected chi connectivity index (χ2v) is 6.14. The van der Waals surface area contributed by atoms with Crippen molar-refractivity contribution in [3.05, 3.63) is 69.8 Å². The standard InChI is InChI=1S/C19H16BrNO3/c1-2-11-23-17-6-4-3-5-14(17)12-16-19(22)24-18(21-16)13-7-9-15(20)10-8-13/h3-10,12H,2,11H2,1H3/b16-12+. The maximum Gasteiger partial charge on any atom is 0.363 e. The van der Waals surface area contributed by atoms with Crippen molar-refractivity contribution in [1.29, 1.82) is 0 Å². The maximum absolute atomic E-state index is 12.1. The number of halogens is 1. The van der Waals surface area contributed by atoms with Crippen LogP contribution in [-0.4, -0.2) is 18.5 Å². The summed E-state index contributed by atoms with van der Waals surface area (Å²) >= 11 is 3.38. The van der Waals surface area contributed by atoms with Gasteiger partial charge in [-0.15, -0.1) is 0 Å². The summed E-state index contributed by atoms with van der Waals surface area (Å²) in [5.74, 6) is 0.580. The van der Waals surface area contributed by atoms with Gasteiger partial charge in [0.2, 0.25) is 5.90 Å². The van der Waals surface area contributed by atoms with Gasteiger partial charge in [0, 0.05) is 15.6 Å². The quantitative estimate of drug-likeness (QED) is 0.558. The zero-order chi connectivity index (χ0) is 16.9. The van der Waals surface area contributed by atoms with E-state index >= 15 is 0 Å². The largest absolute Gasteiger partial charge is 0.493 e. The van der Waals surface area contributed by atoms with Gasteiger partial charge in [-0.1, -0.05) is 41.1 Å². The molecule has 0 saturated heterocycles. The minimum Gasteiger partial charge on any atom is -0.493 e. The molecule has 0 radical (unpaired) electrons. The molecule has 0 atom stereocenters. The Morgan fingerprint density at radius 2 is 1.92 bits per heavy atom. The highest BCUT2D eigenvalue weighted by atomic mass is 79.9. The lowest BCUT2D eigenvalue weighted by Crippen LogP contribution is -2.05. The molecule has 0 amide bonds. The average Bonchev–Trinajstić information content (AvgIpc) is 2.95. The molecule has 1 aliphatic rings. The predicted molar refractivity (Wildman–Crippen MR) is 97.0 cm³/mol. The van der Waals surface area contributed by atoms with Crippen molar-refractivity contribution in [2.24, 2.45) is 4.99 Å². The Morgan fingerprint density at radius 1 is 1.17 bits per heavy atom. The minimum absolute atomic E-state index is 0.264. The first-order valence-corrected chi connectivity index (χ1v) is 8.47. The van der Waals surface area contributed by atoms with Crippen LogP contribution in [-0.2, 0) is 9.53 Å². The molecule has 0 N–H and O–H groups in total. The molecule has 5 heteroatoms. The Hall–Kier alpha value is -2.40. The van der Waals surface area contributed by atoms with Crippen molar-refractivity contribution in [3.63, 3.8) is 0 Å². The molecule has 2 aromatic carbocycles. The van der Waals surface area contributed by atoms with E-state index in [-0.39, 0.29) is 5.70 Å². The highest BCUT2D eigenvalue weighted by molar-refractivity contribution is 9.10. The number of benzene rings is 2. The van der Waals surface area contributed by atoms with E-state index in [2.05, 4.69) is 20.9 Å². The Morgan fingerprint density at radius 3 is 2.67 bits per heavy atom. The fraction of sp³-hybridized carbons (Fsp3) is 0.158.